The number of H-pyrrole nitrogens is 1. The maximum Gasteiger partial charge on any atom is 0.439 e. The van der Waals surface area contributed by atoms with Gasteiger partial charge in [0.1, 0.15) is 12.1 Å². The van der Waals surface area contributed by atoms with Crippen LogP contribution < -0.4 is 16.4 Å². The molecule has 1 fully saturated rings. The molecule has 152 valence electrons. The molecule has 30 heavy (non-hydrogen) atoms. The number of rotatable bonds is 5. The smallest absolute Gasteiger partial charge is 0.325 e. The molecule has 1 aliphatic heterocycles. The average molecular weight is 407 g/mol. The summed E-state index contributed by atoms with van der Waals surface area (Å²) in [5.41, 5.74) is 0.308. The van der Waals surface area contributed by atoms with Gasteiger partial charge in [-0.15, -0.1) is 0 Å². The molecule has 2 heterocycles. The Hall–Kier alpha value is -4.21. The van der Waals surface area contributed by atoms with Crippen molar-refractivity contribution < 1.29 is 18.9 Å². The van der Waals surface area contributed by atoms with E-state index in [0.29, 0.717) is 16.8 Å². The number of carbonyl (C=O) groups is 3. The molecule has 3 N–H and O–H groups in total. The van der Waals surface area contributed by atoms with Crippen LogP contribution in [0.3, 0.4) is 0 Å². The third kappa shape index (κ3) is 3.46. The third-order valence-electron chi connectivity index (χ3n) is 4.79. The Morgan fingerprint density at radius 1 is 1.13 bits per heavy atom. The lowest BCUT2D eigenvalue weighted by molar-refractivity contribution is -0.133. The molecule has 2 aromatic carbocycles. The Kier molecular flexibility index (Phi) is 4.66. The van der Waals surface area contributed by atoms with Gasteiger partial charge < -0.3 is 10.6 Å². The summed E-state index contributed by atoms with van der Waals surface area (Å²) in [5, 5.41) is 8.88. The normalized spacial score (nSPS) is 18.4. The molecule has 10 heteroatoms. The summed E-state index contributed by atoms with van der Waals surface area (Å²) in [6, 6.07) is 14.7. The molecular weight excluding hydrogens is 390 g/mol. The molecule has 0 saturated carbocycles. The van der Waals surface area contributed by atoms with E-state index in [1.807, 2.05) is 6.07 Å². The summed E-state index contributed by atoms with van der Waals surface area (Å²) in [6.45, 7) is 1.15. The molecule has 1 unspecified atom stereocenters. The van der Waals surface area contributed by atoms with Crippen molar-refractivity contribution >= 4 is 23.5 Å². The van der Waals surface area contributed by atoms with Gasteiger partial charge in [-0.05, 0) is 24.6 Å². The zero-order chi connectivity index (χ0) is 21.3. The van der Waals surface area contributed by atoms with E-state index < -0.39 is 35.7 Å². The van der Waals surface area contributed by atoms with E-state index in [1.54, 1.807) is 55.5 Å². The first-order valence-corrected chi connectivity index (χ1v) is 9.03. The minimum Gasteiger partial charge on any atom is -0.325 e. The number of aromatic nitrogens is 2. The summed E-state index contributed by atoms with van der Waals surface area (Å²) in [5.74, 6) is -1.55. The summed E-state index contributed by atoms with van der Waals surface area (Å²) in [6.07, 6.45) is 0. The van der Waals surface area contributed by atoms with Crippen LogP contribution in [0.2, 0.25) is 0 Å². The van der Waals surface area contributed by atoms with E-state index in [0.717, 1.165) is 4.90 Å². The van der Waals surface area contributed by atoms with Crippen molar-refractivity contribution in [1.29, 1.82) is 0 Å². The van der Waals surface area contributed by atoms with Gasteiger partial charge >= 0.3 is 11.8 Å². The molecule has 0 bridgehead atoms. The minimum absolute atomic E-state index is 0.212. The first-order chi connectivity index (χ1) is 14.4. The minimum atomic E-state index is -1.24. The van der Waals surface area contributed by atoms with E-state index in [9.17, 15) is 19.2 Å². The van der Waals surface area contributed by atoms with Crippen LogP contribution in [0.1, 0.15) is 12.5 Å². The second-order valence-electron chi connectivity index (χ2n) is 6.89. The van der Waals surface area contributed by atoms with Gasteiger partial charge in [0, 0.05) is 11.3 Å². The molecule has 3 aromatic rings. The van der Waals surface area contributed by atoms with Crippen LogP contribution >= 0.6 is 0 Å². The molecular formula is C20H17N5O5. The Morgan fingerprint density at radius 3 is 2.60 bits per heavy atom. The van der Waals surface area contributed by atoms with Gasteiger partial charge in [0.05, 0.1) is 0 Å². The monoisotopic (exact) mass is 407 g/mol. The lowest BCUT2D eigenvalue weighted by Gasteiger charge is -2.22. The summed E-state index contributed by atoms with van der Waals surface area (Å²) >= 11 is 0. The van der Waals surface area contributed by atoms with Crippen LogP contribution in [0, 0.1) is 0 Å². The molecule has 0 aliphatic carbocycles. The highest BCUT2D eigenvalue weighted by Crippen LogP contribution is 2.28. The molecule has 1 atom stereocenters. The van der Waals surface area contributed by atoms with E-state index in [4.69, 9.17) is 0 Å². The number of anilines is 1. The number of aromatic amines is 1. The SMILES string of the molecule is CC1(c2ccccc2)NC(=O)N(CC(=O)Nc2cccc(-c3noc(=O)[nH]3)c2)C1=O. The topological polar surface area (TPSA) is 137 Å². The second-order valence-corrected chi connectivity index (χ2v) is 6.89. The van der Waals surface area contributed by atoms with Gasteiger partial charge in [-0.25, -0.2) is 9.59 Å². The number of amides is 4. The summed E-state index contributed by atoms with van der Waals surface area (Å²) in [7, 11) is 0. The number of nitrogens with zero attached hydrogens (tertiary/aromatic N) is 2. The molecule has 4 amide bonds. The number of hydrogen-bond acceptors (Lipinski definition) is 6. The van der Waals surface area contributed by atoms with Crippen molar-refractivity contribution in [2.24, 2.45) is 0 Å². The van der Waals surface area contributed by atoms with Crippen molar-refractivity contribution in [3.05, 3.63) is 70.7 Å². The van der Waals surface area contributed by atoms with Crippen molar-refractivity contribution in [3.63, 3.8) is 0 Å². The van der Waals surface area contributed by atoms with Crippen LogP contribution in [-0.2, 0) is 15.1 Å². The zero-order valence-electron chi connectivity index (χ0n) is 15.8. The van der Waals surface area contributed by atoms with Crippen molar-refractivity contribution in [3.8, 4) is 11.4 Å². The molecule has 0 spiro atoms. The molecule has 1 aromatic heterocycles. The number of hydrogen-bond donors (Lipinski definition) is 3. The highest BCUT2D eigenvalue weighted by atomic mass is 16.5. The molecule has 10 nitrogen and oxygen atoms in total. The van der Waals surface area contributed by atoms with Crippen molar-refractivity contribution in [2.45, 2.75) is 12.5 Å². The first-order valence-electron chi connectivity index (χ1n) is 9.03. The quantitative estimate of drug-likeness (QED) is 0.547. The van der Waals surface area contributed by atoms with Crippen molar-refractivity contribution in [2.75, 3.05) is 11.9 Å². The van der Waals surface area contributed by atoms with Crippen LogP contribution in [0.15, 0.2) is 63.9 Å². The van der Waals surface area contributed by atoms with Crippen LogP contribution in [0.4, 0.5) is 10.5 Å². The molecule has 0 radical (unpaired) electrons. The fourth-order valence-corrected chi connectivity index (χ4v) is 3.25. The predicted octanol–water partition coefficient (Wildman–Crippen LogP) is 1.44. The first kappa shape index (κ1) is 19.1. The van der Waals surface area contributed by atoms with E-state index in [2.05, 4.69) is 25.3 Å². The lowest BCUT2D eigenvalue weighted by atomic mass is 9.92. The largest absolute Gasteiger partial charge is 0.439 e. The Labute approximate surface area is 169 Å². The highest BCUT2D eigenvalue weighted by molar-refractivity contribution is 6.10. The number of benzene rings is 2. The van der Waals surface area contributed by atoms with Gasteiger partial charge in [-0.2, -0.15) is 0 Å². The second kappa shape index (κ2) is 7.32. The van der Waals surface area contributed by atoms with Gasteiger partial charge in [0.25, 0.3) is 5.91 Å². The maximum absolute atomic E-state index is 12.9. The standard InChI is InChI=1S/C20H17N5O5/c1-20(13-7-3-2-4-8-13)17(27)25(18(28)23-20)11-15(26)21-14-9-5-6-12(10-14)16-22-19(29)30-24-16/h2-10H,11H2,1H3,(H,21,26)(H,23,28)(H,22,24,29). The van der Waals surface area contributed by atoms with Gasteiger partial charge in [0.15, 0.2) is 5.82 Å². The number of imide groups is 1. The average Bonchev–Trinajstić information content (AvgIpc) is 3.26. The Bertz CT molecular complexity index is 1190. The molecule has 1 saturated heterocycles. The fraction of sp³-hybridized carbons (Fsp3) is 0.150. The number of nitrogens with one attached hydrogen (secondary N) is 3. The molecule has 1 aliphatic rings. The fourth-order valence-electron chi connectivity index (χ4n) is 3.25. The van der Waals surface area contributed by atoms with E-state index in [-0.39, 0.29) is 5.82 Å². The maximum atomic E-state index is 12.9. The van der Waals surface area contributed by atoms with Crippen LogP contribution in [0.25, 0.3) is 11.4 Å². The zero-order valence-corrected chi connectivity index (χ0v) is 15.8. The van der Waals surface area contributed by atoms with E-state index >= 15 is 0 Å². The van der Waals surface area contributed by atoms with Gasteiger partial charge in [-0.3, -0.25) is 24.0 Å². The van der Waals surface area contributed by atoms with Gasteiger partial charge in [0.2, 0.25) is 5.91 Å². The Balaban J connectivity index is 1.47. The third-order valence-corrected chi connectivity index (χ3v) is 4.79. The van der Waals surface area contributed by atoms with Gasteiger partial charge in [-0.1, -0.05) is 47.6 Å². The van der Waals surface area contributed by atoms with E-state index in [1.165, 1.54) is 0 Å². The van der Waals surface area contributed by atoms with Crippen molar-refractivity contribution in [1.82, 2.24) is 20.4 Å². The Morgan fingerprint density at radius 2 is 1.90 bits per heavy atom. The number of urea groups is 1. The predicted molar refractivity (Wildman–Crippen MR) is 105 cm³/mol. The molecule has 4 rings (SSSR count). The lowest BCUT2D eigenvalue weighted by Crippen LogP contribution is -2.42. The van der Waals surface area contributed by atoms with Crippen LogP contribution in [-0.4, -0.2) is 39.4 Å². The number of carbonyl (C=O) groups excluding carboxylic acids is 3. The summed E-state index contributed by atoms with van der Waals surface area (Å²) in [4.78, 5) is 52.1. The highest BCUT2D eigenvalue weighted by Gasteiger charge is 2.49. The van der Waals surface area contributed by atoms with Crippen LogP contribution in [0.5, 0.6) is 0 Å². The summed E-state index contributed by atoms with van der Waals surface area (Å²) < 4.78 is 4.47.